The van der Waals surface area contributed by atoms with E-state index in [0.717, 1.165) is 0 Å². The summed E-state index contributed by atoms with van der Waals surface area (Å²) in [5.74, 6) is -2.49. The number of alkyl halides is 3. The number of para-hydroxylation sites is 1. The van der Waals surface area contributed by atoms with Gasteiger partial charge in [-0.05, 0) is 37.0 Å². The molecule has 0 saturated heterocycles. The molecule has 1 aliphatic carbocycles. The maximum absolute atomic E-state index is 12.7. The molecule has 0 fully saturated rings. The number of carboxylic acid groups (broad SMARTS) is 1. The van der Waals surface area contributed by atoms with Gasteiger partial charge in [0, 0.05) is 5.39 Å². The fraction of sp³-hybridized carbons (Fsp3) is 0.294. The Bertz CT molecular complexity index is 796. The van der Waals surface area contributed by atoms with Crippen LogP contribution in [0, 0.1) is 5.92 Å². The number of nitrogens with zero attached hydrogens (tertiary/aromatic N) is 1. The molecule has 23 heavy (non-hydrogen) atoms. The van der Waals surface area contributed by atoms with E-state index in [1.54, 1.807) is 24.3 Å². The summed E-state index contributed by atoms with van der Waals surface area (Å²) in [6.45, 7) is 0. The summed E-state index contributed by atoms with van der Waals surface area (Å²) in [7, 11) is 0. The lowest BCUT2D eigenvalue weighted by atomic mass is 9.86. The molecule has 1 unspecified atom stereocenters. The van der Waals surface area contributed by atoms with Crippen LogP contribution >= 0.6 is 0 Å². The quantitative estimate of drug-likeness (QED) is 0.874. The lowest BCUT2D eigenvalue weighted by Crippen LogP contribution is -2.24. The van der Waals surface area contributed by atoms with Crippen molar-refractivity contribution in [2.45, 2.75) is 25.4 Å². The highest BCUT2D eigenvalue weighted by Gasteiger charge is 2.40. The van der Waals surface area contributed by atoms with Crippen molar-refractivity contribution in [3.8, 4) is 0 Å². The highest BCUT2D eigenvalue weighted by atomic mass is 19.4. The van der Waals surface area contributed by atoms with Crippen LogP contribution in [0.5, 0.6) is 0 Å². The van der Waals surface area contributed by atoms with Gasteiger partial charge in [-0.15, -0.1) is 0 Å². The second kappa shape index (κ2) is 5.68. The second-order valence-electron chi connectivity index (χ2n) is 5.62. The third-order valence-corrected chi connectivity index (χ3v) is 4.13. The van der Waals surface area contributed by atoms with Gasteiger partial charge >= 0.3 is 12.1 Å². The van der Waals surface area contributed by atoms with E-state index in [2.05, 4.69) is 4.98 Å². The summed E-state index contributed by atoms with van der Waals surface area (Å²) in [6, 6.07) is 8.61. The van der Waals surface area contributed by atoms with Crippen molar-refractivity contribution in [3.05, 3.63) is 47.7 Å². The molecule has 120 valence electrons. The Labute approximate surface area is 130 Å². The summed E-state index contributed by atoms with van der Waals surface area (Å²) in [5.41, 5.74) is 1.51. The van der Waals surface area contributed by atoms with Crippen LogP contribution in [0.1, 0.15) is 35.3 Å². The van der Waals surface area contributed by atoms with Crippen molar-refractivity contribution >= 4 is 22.4 Å². The molecule has 1 aromatic heterocycles. The average molecular weight is 321 g/mol. The summed E-state index contributed by atoms with van der Waals surface area (Å²) in [6.07, 6.45) is -2.73. The fourth-order valence-corrected chi connectivity index (χ4v) is 2.87. The number of aromatic nitrogens is 1. The van der Waals surface area contributed by atoms with Crippen LogP contribution in [0.3, 0.4) is 0 Å². The monoisotopic (exact) mass is 321 g/mol. The fourth-order valence-electron chi connectivity index (χ4n) is 2.87. The van der Waals surface area contributed by atoms with Gasteiger partial charge in [-0.2, -0.15) is 13.2 Å². The first kappa shape index (κ1) is 15.5. The zero-order chi connectivity index (χ0) is 16.6. The zero-order valence-corrected chi connectivity index (χ0v) is 12.1. The Hall–Kier alpha value is -2.37. The highest BCUT2D eigenvalue weighted by Crippen LogP contribution is 2.39. The van der Waals surface area contributed by atoms with E-state index < -0.39 is 18.1 Å². The van der Waals surface area contributed by atoms with Crippen molar-refractivity contribution in [2.24, 2.45) is 5.92 Å². The van der Waals surface area contributed by atoms with Crippen LogP contribution in [0.25, 0.3) is 16.5 Å². The second-order valence-corrected chi connectivity index (χ2v) is 5.62. The number of aromatic carboxylic acids is 1. The first-order valence-electron chi connectivity index (χ1n) is 7.25. The van der Waals surface area contributed by atoms with E-state index >= 15 is 0 Å². The van der Waals surface area contributed by atoms with E-state index in [-0.39, 0.29) is 30.5 Å². The Morgan fingerprint density at radius 3 is 2.61 bits per heavy atom. The molecule has 0 radical (unpaired) electrons. The lowest BCUT2D eigenvalue weighted by Gasteiger charge is -2.24. The van der Waals surface area contributed by atoms with E-state index in [0.29, 0.717) is 16.5 Å². The number of allylic oxidation sites excluding steroid dienone is 2. The Morgan fingerprint density at radius 1 is 1.26 bits per heavy atom. The molecule has 6 heteroatoms. The number of pyridine rings is 1. The number of benzene rings is 1. The molecular formula is C17H14F3NO2. The number of carbonyl (C=O) groups is 1. The smallest absolute Gasteiger partial charge is 0.392 e. The molecule has 0 aliphatic heterocycles. The maximum atomic E-state index is 12.7. The molecule has 1 atom stereocenters. The first-order chi connectivity index (χ1) is 10.9. The van der Waals surface area contributed by atoms with Crippen molar-refractivity contribution < 1.29 is 23.1 Å². The summed E-state index contributed by atoms with van der Waals surface area (Å²) in [5, 5.41) is 10.1. The zero-order valence-electron chi connectivity index (χ0n) is 12.1. The molecule has 0 spiro atoms. The summed E-state index contributed by atoms with van der Waals surface area (Å²) in [4.78, 5) is 15.9. The van der Waals surface area contributed by atoms with Crippen LogP contribution < -0.4 is 0 Å². The molecule has 1 aliphatic rings. The minimum absolute atomic E-state index is 0.0282. The van der Waals surface area contributed by atoms with Crippen molar-refractivity contribution in [1.29, 1.82) is 0 Å². The number of rotatable bonds is 2. The third kappa shape index (κ3) is 3.06. The third-order valence-electron chi connectivity index (χ3n) is 4.13. The van der Waals surface area contributed by atoms with Crippen LogP contribution in [0.4, 0.5) is 13.2 Å². The van der Waals surface area contributed by atoms with Crippen LogP contribution in [-0.4, -0.2) is 22.2 Å². The molecule has 2 aromatic rings. The van der Waals surface area contributed by atoms with Gasteiger partial charge in [0.1, 0.15) is 0 Å². The van der Waals surface area contributed by atoms with E-state index in [1.165, 1.54) is 12.1 Å². The molecule has 1 heterocycles. The Kier molecular flexibility index (Phi) is 3.83. The van der Waals surface area contributed by atoms with Crippen molar-refractivity contribution in [1.82, 2.24) is 4.98 Å². The number of fused-ring (bicyclic) bond motifs is 1. The Balaban J connectivity index is 2.04. The number of hydrogen-bond donors (Lipinski definition) is 1. The molecule has 0 saturated carbocycles. The van der Waals surface area contributed by atoms with E-state index in [1.807, 2.05) is 0 Å². The SMILES string of the molecule is O=C(O)c1cc2ccccc2nc1C1=CCC(C(F)(F)F)CC1. The molecule has 1 aromatic carbocycles. The van der Waals surface area contributed by atoms with Crippen molar-refractivity contribution in [2.75, 3.05) is 0 Å². The largest absolute Gasteiger partial charge is 0.478 e. The van der Waals surface area contributed by atoms with Crippen LogP contribution in [-0.2, 0) is 0 Å². The summed E-state index contributed by atoms with van der Waals surface area (Å²) >= 11 is 0. The van der Waals surface area contributed by atoms with Gasteiger partial charge in [0.2, 0.25) is 0 Å². The Morgan fingerprint density at radius 2 is 2.00 bits per heavy atom. The van der Waals surface area contributed by atoms with Gasteiger partial charge in [-0.1, -0.05) is 24.3 Å². The van der Waals surface area contributed by atoms with E-state index in [4.69, 9.17) is 0 Å². The molecule has 3 nitrogen and oxygen atoms in total. The average Bonchev–Trinajstić information content (AvgIpc) is 2.53. The summed E-state index contributed by atoms with van der Waals surface area (Å²) < 4.78 is 38.2. The topological polar surface area (TPSA) is 50.2 Å². The number of halogens is 3. The molecule has 0 bridgehead atoms. The number of hydrogen-bond acceptors (Lipinski definition) is 2. The van der Waals surface area contributed by atoms with Gasteiger partial charge in [0.15, 0.2) is 0 Å². The maximum Gasteiger partial charge on any atom is 0.392 e. The first-order valence-corrected chi connectivity index (χ1v) is 7.25. The van der Waals surface area contributed by atoms with Crippen molar-refractivity contribution in [3.63, 3.8) is 0 Å². The predicted octanol–water partition coefficient (Wildman–Crippen LogP) is 4.68. The predicted molar refractivity (Wildman–Crippen MR) is 80.1 cm³/mol. The van der Waals surface area contributed by atoms with Gasteiger partial charge in [0.05, 0.1) is 22.7 Å². The normalized spacial score (nSPS) is 18.7. The van der Waals surface area contributed by atoms with Crippen LogP contribution in [0.15, 0.2) is 36.4 Å². The molecule has 0 amide bonds. The van der Waals surface area contributed by atoms with Gasteiger partial charge in [-0.25, -0.2) is 9.78 Å². The molecular weight excluding hydrogens is 307 g/mol. The molecule has 3 rings (SSSR count). The molecule has 1 N–H and O–H groups in total. The van der Waals surface area contributed by atoms with Gasteiger partial charge in [0.25, 0.3) is 0 Å². The van der Waals surface area contributed by atoms with Crippen LogP contribution in [0.2, 0.25) is 0 Å². The minimum Gasteiger partial charge on any atom is -0.478 e. The lowest BCUT2D eigenvalue weighted by molar-refractivity contribution is -0.175. The minimum atomic E-state index is -4.21. The van der Waals surface area contributed by atoms with Gasteiger partial charge < -0.3 is 5.11 Å². The van der Waals surface area contributed by atoms with Gasteiger partial charge in [-0.3, -0.25) is 0 Å². The highest BCUT2D eigenvalue weighted by molar-refractivity contribution is 5.97. The standard InChI is InChI=1S/C17H14F3NO2/c18-17(19,20)12-7-5-10(6-8-12)15-13(16(22)23)9-11-3-1-2-4-14(11)21-15/h1-5,9,12H,6-8H2,(H,22,23). The van der Waals surface area contributed by atoms with E-state index in [9.17, 15) is 23.1 Å². The number of carboxylic acids is 1.